The highest BCUT2D eigenvalue weighted by Crippen LogP contribution is 2.30. The largest absolute Gasteiger partial charge is 0.483 e. The molecule has 2 aliphatic rings. The van der Waals surface area contributed by atoms with Crippen LogP contribution < -0.4 is 4.74 Å². The van der Waals surface area contributed by atoms with E-state index in [1.54, 1.807) is 6.07 Å². The maximum atomic E-state index is 12.8. The Morgan fingerprint density at radius 1 is 1.36 bits per heavy atom. The Labute approximate surface area is 80.9 Å². The molecule has 2 nitrogen and oxygen atoms in total. The highest BCUT2D eigenvalue weighted by molar-refractivity contribution is 5.60. The Bertz CT molecular complexity index is 396. The first-order valence-electron chi connectivity index (χ1n) is 4.59. The average Bonchev–Trinajstić information content (AvgIpc) is 3.00. The summed E-state index contributed by atoms with van der Waals surface area (Å²) < 4.78 is 23.6. The number of epoxide rings is 1. The van der Waals surface area contributed by atoms with Gasteiger partial charge in [0.15, 0.2) is 0 Å². The van der Waals surface area contributed by atoms with Gasteiger partial charge in [0, 0.05) is 5.56 Å². The summed E-state index contributed by atoms with van der Waals surface area (Å²) in [6.45, 7) is 0.755. The van der Waals surface area contributed by atoms with Gasteiger partial charge in [0.05, 0.1) is 6.61 Å². The lowest BCUT2D eigenvalue weighted by Gasteiger charge is -2.19. The van der Waals surface area contributed by atoms with Gasteiger partial charge in [-0.1, -0.05) is 6.08 Å². The van der Waals surface area contributed by atoms with Crippen LogP contribution in [0.4, 0.5) is 4.39 Å². The third-order valence-electron chi connectivity index (χ3n) is 2.43. The molecule has 72 valence electrons. The zero-order valence-electron chi connectivity index (χ0n) is 7.44. The van der Waals surface area contributed by atoms with Crippen LogP contribution in [0.1, 0.15) is 5.56 Å². The summed E-state index contributed by atoms with van der Waals surface area (Å²) in [4.78, 5) is 0. The van der Waals surface area contributed by atoms with Crippen LogP contribution in [0.2, 0.25) is 0 Å². The number of ether oxygens (including phenoxy) is 2. The summed E-state index contributed by atoms with van der Waals surface area (Å²) in [5, 5.41) is 0. The van der Waals surface area contributed by atoms with Crippen molar-refractivity contribution in [2.75, 3.05) is 6.61 Å². The van der Waals surface area contributed by atoms with Crippen molar-refractivity contribution in [3.8, 4) is 5.75 Å². The van der Waals surface area contributed by atoms with E-state index in [0.717, 1.165) is 17.9 Å². The zero-order chi connectivity index (χ0) is 9.54. The summed E-state index contributed by atoms with van der Waals surface area (Å²) in [6.07, 6.45) is 3.98. The Kier molecular flexibility index (Phi) is 1.61. The first-order chi connectivity index (χ1) is 6.83. The lowest BCUT2D eigenvalue weighted by molar-refractivity contribution is 0.197. The molecule has 3 heteroatoms. The van der Waals surface area contributed by atoms with Crippen molar-refractivity contribution in [2.45, 2.75) is 12.2 Å². The second-order valence-electron chi connectivity index (χ2n) is 3.50. The molecule has 0 N–H and O–H groups in total. The molecule has 0 amide bonds. The summed E-state index contributed by atoms with van der Waals surface area (Å²) in [5.41, 5.74) is 0.793. The van der Waals surface area contributed by atoms with Gasteiger partial charge in [0.1, 0.15) is 23.8 Å². The molecule has 0 bridgehead atoms. The summed E-state index contributed by atoms with van der Waals surface area (Å²) in [6, 6.07) is 4.53. The molecule has 1 fully saturated rings. The van der Waals surface area contributed by atoms with E-state index in [-0.39, 0.29) is 18.0 Å². The van der Waals surface area contributed by atoms with E-state index in [2.05, 4.69) is 0 Å². The van der Waals surface area contributed by atoms with Crippen LogP contribution in [-0.2, 0) is 4.74 Å². The standard InChI is InChI=1S/C11H9FO2/c12-8-2-4-9-7(5-8)1-3-10(14-9)11-6-13-11/h1-5,10-11H,6H2/t10-,11+/m1/s1. The zero-order valence-corrected chi connectivity index (χ0v) is 7.44. The van der Waals surface area contributed by atoms with E-state index in [1.807, 2.05) is 12.2 Å². The van der Waals surface area contributed by atoms with Crippen LogP contribution in [0.5, 0.6) is 5.75 Å². The maximum Gasteiger partial charge on any atom is 0.146 e. The van der Waals surface area contributed by atoms with Crippen molar-refractivity contribution in [1.82, 2.24) is 0 Å². The molecule has 1 aromatic carbocycles. The fraction of sp³-hybridized carbons (Fsp3) is 0.273. The molecule has 14 heavy (non-hydrogen) atoms. The minimum absolute atomic E-state index is 0.00652. The van der Waals surface area contributed by atoms with Crippen molar-refractivity contribution in [3.05, 3.63) is 35.7 Å². The van der Waals surface area contributed by atoms with E-state index in [9.17, 15) is 4.39 Å². The van der Waals surface area contributed by atoms with Gasteiger partial charge in [0.25, 0.3) is 0 Å². The fourth-order valence-electron chi connectivity index (χ4n) is 1.59. The monoisotopic (exact) mass is 192 g/mol. The van der Waals surface area contributed by atoms with Crippen LogP contribution in [0.3, 0.4) is 0 Å². The fourth-order valence-corrected chi connectivity index (χ4v) is 1.59. The van der Waals surface area contributed by atoms with Crippen molar-refractivity contribution in [3.63, 3.8) is 0 Å². The third-order valence-corrected chi connectivity index (χ3v) is 2.43. The van der Waals surface area contributed by atoms with Crippen LogP contribution in [0.15, 0.2) is 24.3 Å². The van der Waals surface area contributed by atoms with E-state index in [1.165, 1.54) is 12.1 Å². The molecule has 0 aliphatic carbocycles. The van der Waals surface area contributed by atoms with Crippen molar-refractivity contribution >= 4 is 6.08 Å². The molecule has 0 saturated carbocycles. The molecule has 2 heterocycles. The second kappa shape index (κ2) is 2.82. The number of benzene rings is 1. The SMILES string of the molecule is Fc1ccc2c(c1)C=C[C@H]([C@@H]1CO1)O2. The molecular formula is C11H9FO2. The number of halogens is 1. The topological polar surface area (TPSA) is 21.8 Å². The minimum atomic E-state index is -0.238. The van der Waals surface area contributed by atoms with E-state index < -0.39 is 0 Å². The molecule has 0 unspecified atom stereocenters. The Balaban J connectivity index is 1.93. The van der Waals surface area contributed by atoms with Gasteiger partial charge in [-0.2, -0.15) is 0 Å². The van der Waals surface area contributed by atoms with Gasteiger partial charge in [-0.25, -0.2) is 4.39 Å². The number of rotatable bonds is 1. The minimum Gasteiger partial charge on any atom is -0.483 e. The summed E-state index contributed by atoms with van der Waals surface area (Å²) >= 11 is 0. The van der Waals surface area contributed by atoms with Crippen LogP contribution >= 0.6 is 0 Å². The quantitative estimate of drug-likeness (QED) is 0.635. The van der Waals surface area contributed by atoms with Gasteiger partial charge in [-0.05, 0) is 24.3 Å². The highest BCUT2D eigenvalue weighted by atomic mass is 19.1. The van der Waals surface area contributed by atoms with E-state index in [4.69, 9.17) is 9.47 Å². The molecule has 1 saturated heterocycles. The lowest BCUT2D eigenvalue weighted by Crippen LogP contribution is -2.22. The van der Waals surface area contributed by atoms with Crippen molar-refractivity contribution in [2.24, 2.45) is 0 Å². The highest BCUT2D eigenvalue weighted by Gasteiger charge is 2.34. The van der Waals surface area contributed by atoms with E-state index in [0.29, 0.717) is 0 Å². The Morgan fingerprint density at radius 2 is 2.21 bits per heavy atom. The Hall–Kier alpha value is -1.35. The van der Waals surface area contributed by atoms with Gasteiger partial charge < -0.3 is 9.47 Å². The van der Waals surface area contributed by atoms with Gasteiger partial charge in [-0.15, -0.1) is 0 Å². The van der Waals surface area contributed by atoms with Crippen molar-refractivity contribution < 1.29 is 13.9 Å². The molecular weight excluding hydrogens is 183 g/mol. The normalized spacial score (nSPS) is 28.1. The van der Waals surface area contributed by atoms with Crippen LogP contribution in [0.25, 0.3) is 6.08 Å². The number of hydrogen-bond acceptors (Lipinski definition) is 2. The first kappa shape index (κ1) is 8.00. The summed E-state index contributed by atoms with van der Waals surface area (Å²) in [7, 11) is 0. The number of fused-ring (bicyclic) bond motifs is 1. The predicted octanol–water partition coefficient (Wildman–Crippen LogP) is 2.00. The smallest absolute Gasteiger partial charge is 0.146 e. The van der Waals surface area contributed by atoms with Gasteiger partial charge >= 0.3 is 0 Å². The summed E-state index contributed by atoms with van der Waals surface area (Å²) in [5.74, 6) is 0.493. The van der Waals surface area contributed by atoms with Crippen LogP contribution in [0, 0.1) is 5.82 Å². The molecule has 1 aromatic rings. The molecule has 0 radical (unpaired) electrons. The predicted molar refractivity (Wildman–Crippen MR) is 49.6 cm³/mol. The molecule has 2 aliphatic heterocycles. The number of hydrogen-bond donors (Lipinski definition) is 0. The van der Waals surface area contributed by atoms with Gasteiger partial charge in [0.2, 0.25) is 0 Å². The average molecular weight is 192 g/mol. The molecule has 0 spiro atoms. The molecule has 3 rings (SSSR count). The Morgan fingerprint density at radius 3 is 3.00 bits per heavy atom. The van der Waals surface area contributed by atoms with Gasteiger partial charge in [-0.3, -0.25) is 0 Å². The first-order valence-corrected chi connectivity index (χ1v) is 4.59. The molecule has 2 atom stereocenters. The van der Waals surface area contributed by atoms with Crippen LogP contribution in [-0.4, -0.2) is 18.8 Å². The third kappa shape index (κ3) is 1.30. The maximum absolute atomic E-state index is 12.8. The molecule has 0 aromatic heterocycles. The lowest BCUT2D eigenvalue weighted by atomic mass is 10.1. The second-order valence-corrected chi connectivity index (χ2v) is 3.50. The van der Waals surface area contributed by atoms with Crippen molar-refractivity contribution in [1.29, 1.82) is 0 Å². The van der Waals surface area contributed by atoms with E-state index >= 15 is 0 Å².